The molecule has 1 heterocycles. The number of nitrogens with zero attached hydrogens (tertiary/aromatic N) is 2. The molecule has 0 saturated heterocycles. The van der Waals surface area contributed by atoms with Crippen molar-refractivity contribution in [2.24, 2.45) is 0 Å². The second-order valence-corrected chi connectivity index (χ2v) is 2.75. The van der Waals surface area contributed by atoms with Crippen molar-refractivity contribution < 1.29 is 9.53 Å². The topological polar surface area (TPSA) is 90.1 Å². The lowest BCUT2D eigenvalue weighted by atomic mass is 10.5. The number of carbonyl (C=O) groups is 1. The van der Waals surface area contributed by atoms with Gasteiger partial charge >= 0.3 is 5.97 Å². The lowest BCUT2D eigenvalue weighted by Gasteiger charge is -2.04. The number of anilines is 2. The molecule has 0 unspecified atom stereocenters. The monoisotopic (exact) mass is 216 g/mol. The zero-order valence-electron chi connectivity index (χ0n) is 7.45. The van der Waals surface area contributed by atoms with Crippen LogP contribution in [0.3, 0.4) is 0 Å². The van der Waals surface area contributed by atoms with Crippen LogP contribution in [0.25, 0.3) is 0 Å². The van der Waals surface area contributed by atoms with E-state index >= 15 is 0 Å². The second-order valence-electron chi connectivity index (χ2n) is 2.36. The quantitative estimate of drug-likeness (QED) is 0.558. The van der Waals surface area contributed by atoms with E-state index in [1.807, 2.05) is 0 Å². The Morgan fingerprint density at radius 1 is 1.71 bits per heavy atom. The zero-order chi connectivity index (χ0) is 10.6. The van der Waals surface area contributed by atoms with Crippen molar-refractivity contribution in [1.29, 1.82) is 0 Å². The van der Waals surface area contributed by atoms with Crippen molar-refractivity contribution >= 4 is 29.3 Å². The number of halogens is 1. The van der Waals surface area contributed by atoms with Gasteiger partial charge in [-0.3, -0.25) is 4.79 Å². The van der Waals surface area contributed by atoms with Crippen molar-refractivity contribution in [3.63, 3.8) is 0 Å². The third-order valence-electron chi connectivity index (χ3n) is 1.35. The molecule has 3 N–H and O–H groups in total. The van der Waals surface area contributed by atoms with Gasteiger partial charge in [-0.25, -0.2) is 4.98 Å². The number of esters is 1. The molecule has 1 aromatic rings. The molecule has 76 valence electrons. The highest BCUT2D eigenvalue weighted by atomic mass is 35.5. The normalized spacial score (nSPS) is 9.57. The van der Waals surface area contributed by atoms with E-state index in [0.717, 1.165) is 0 Å². The molecule has 0 bridgehead atoms. The van der Waals surface area contributed by atoms with Crippen LogP contribution in [0.4, 0.5) is 11.8 Å². The van der Waals surface area contributed by atoms with Crippen LogP contribution in [0.1, 0.15) is 0 Å². The van der Waals surface area contributed by atoms with Crippen molar-refractivity contribution in [1.82, 2.24) is 9.97 Å². The van der Waals surface area contributed by atoms with Crippen molar-refractivity contribution in [3.05, 3.63) is 11.2 Å². The number of hydrogen-bond acceptors (Lipinski definition) is 6. The standard InChI is InChI=1S/C7H9ClN4O2/c1-14-6(13)3-10-5-2-4(8)11-7(9)12-5/h2H,3H2,1H3,(H3,9,10,11,12). The first-order valence-electron chi connectivity index (χ1n) is 3.72. The molecule has 14 heavy (non-hydrogen) atoms. The summed E-state index contributed by atoms with van der Waals surface area (Å²) < 4.78 is 4.42. The number of carbonyl (C=O) groups excluding carboxylic acids is 1. The average molecular weight is 217 g/mol. The summed E-state index contributed by atoms with van der Waals surface area (Å²) in [5.74, 6) is 0.0241. The second kappa shape index (κ2) is 4.61. The van der Waals surface area contributed by atoms with Crippen LogP contribution >= 0.6 is 11.6 Å². The van der Waals surface area contributed by atoms with Gasteiger partial charge in [0.15, 0.2) is 0 Å². The summed E-state index contributed by atoms with van der Waals surface area (Å²) >= 11 is 5.61. The fraction of sp³-hybridized carbons (Fsp3) is 0.286. The summed E-state index contributed by atoms with van der Waals surface area (Å²) in [4.78, 5) is 18.2. The van der Waals surface area contributed by atoms with Crippen LogP contribution in [-0.4, -0.2) is 29.6 Å². The Labute approximate surface area is 85.4 Å². The summed E-state index contributed by atoms with van der Waals surface area (Å²) in [5, 5.41) is 2.90. The van der Waals surface area contributed by atoms with Crippen LogP contribution in [-0.2, 0) is 9.53 Å². The van der Waals surface area contributed by atoms with E-state index < -0.39 is 5.97 Å². The molecule has 0 amide bonds. The van der Waals surface area contributed by atoms with Crippen LogP contribution in [0, 0.1) is 0 Å². The molecular weight excluding hydrogens is 208 g/mol. The highest BCUT2D eigenvalue weighted by molar-refractivity contribution is 6.29. The van der Waals surface area contributed by atoms with Gasteiger partial charge in [0.2, 0.25) is 5.95 Å². The van der Waals surface area contributed by atoms with Gasteiger partial charge in [0.05, 0.1) is 7.11 Å². The molecule has 0 atom stereocenters. The minimum Gasteiger partial charge on any atom is -0.468 e. The van der Waals surface area contributed by atoms with E-state index in [4.69, 9.17) is 17.3 Å². The molecule has 0 fully saturated rings. The third kappa shape index (κ3) is 3.06. The lowest BCUT2D eigenvalue weighted by Crippen LogP contribution is -2.16. The molecule has 7 heteroatoms. The van der Waals surface area contributed by atoms with E-state index in [1.54, 1.807) is 0 Å². The number of nitrogens with one attached hydrogen (secondary N) is 1. The first kappa shape index (κ1) is 10.5. The Bertz CT molecular complexity index is 324. The van der Waals surface area contributed by atoms with E-state index in [-0.39, 0.29) is 17.6 Å². The fourth-order valence-corrected chi connectivity index (χ4v) is 0.951. The Morgan fingerprint density at radius 3 is 3.00 bits per heavy atom. The van der Waals surface area contributed by atoms with Gasteiger partial charge in [-0.05, 0) is 0 Å². The molecule has 1 aromatic heterocycles. The molecule has 0 radical (unpaired) electrons. The van der Waals surface area contributed by atoms with E-state index in [1.165, 1.54) is 13.2 Å². The number of ether oxygens (including phenoxy) is 1. The number of methoxy groups -OCH3 is 1. The minimum atomic E-state index is -0.404. The molecule has 1 rings (SSSR count). The Balaban J connectivity index is 2.63. The smallest absolute Gasteiger partial charge is 0.325 e. The maximum Gasteiger partial charge on any atom is 0.325 e. The van der Waals surface area contributed by atoms with Gasteiger partial charge in [-0.2, -0.15) is 4.98 Å². The van der Waals surface area contributed by atoms with E-state index in [9.17, 15) is 4.79 Å². The van der Waals surface area contributed by atoms with Gasteiger partial charge in [0.25, 0.3) is 0 Å². The maximum atomic E-state index is 10.8. The Hall–Kier alpha value is -1.56. The van der Waals surface area contributed by atoms with Gasteiger partial charge in [-0.1, -0.05) is 11.6 Å². The fourth-order valence-electron chi connectivity index (χ4n) is 0.761. The summed E-state index contributed by atoms with van der Waals surface area (Å²) in [6, 6.07) is 1.46. The van der Waals surface area contributed by atoms with Crippen LogP contribution in [0.15, 0.2) is 6.07 Å². The van der Waals surface area contributed by atoms with Gasteiger partial charge in [-0.15, -0.1) is 0 Å². The van der Waals surface area contributed by atoms with Crippen LogP contribution in [0.2, 0.25) is 5.15 Å². The van der Waals surface area contributed by atoms with Crippen molar-refractivity contribution in [3.8, 4) is 0 Å². The summed E-state index contributed by atoms with van der Waals surface area (Å²) in [6.07, 6.45) is 0. The molecule has 0 aliphatic heterocycles. The highest BCUT2D eigenvalue weighted by Gasteiger charge is 2.03. The molecule has 0 aliphatic rings. The predicted octanol–water partition coefficient (Wildman–Crippen LogP) is 0.297. The van der Waals surface area contributed by atoms with Crippen LogP contribution < -0.4 is 11.1 Å². The van der Waals surface area contributed by atoms with E-state index in [0.29, 0.717) is 5.82 Å². The van der Waals surface area contributed by atoms with Gasteiger partial charge in [0, 0.05) is 6.07 Å². The summed E-state index contributed by atoms with van der Waals surface area (Å²) in [7, 11) is 1.30. The van der Waals surface area contributed by atoms with Crippen molar-refractivity contribution in [2.45, 2.75) is 0 Å². The van der Waals surface area contributed by atoms with Gasteiger partial charge in [0.1, 0.15) is 17.5 Å². The zero-order valence-corrected chi connectivity index (χ0v) is 8.21. The number of nitrogens with two attached hydrogens (primary N) is 1. The number of hydrogen-bond donors (Lipinski definition) is 2. The average Bonchev–Trinajstić information content (AvgIpc) is 2.12. The molecule has 0 aromatic carbocycles. The van der Waals surface area contributed by atoms with E-state index in [2.05, 4.69) is 20.0 Å². The molecule has 0 saturated carbocycles. The molecule has 0 aliphatic carbocycles. The first-order valence-corrected chi connectivity index (χ1v) is 4.10. The molecule has 6 nitrogen and oxygen atoms in total. The van der Waals surface area contributed by atoms with Crippen molar-refractivity contribution in [2.75, 3.05) is 24.7 Å². The molecular formula is C7H9ClN4O2. The number of nitrogen functional groups attached to an aromatic ring is 1. The maximum absolute atomic E-state index is 10.8. The van der Waals surface area contributed by atoms with Gasteiger partial charge < -0.3 is 15.8 Å². The minimum absolute atomic E-state index is 0.00326. The lowest BCUT2D eigenvalue weighted by molar-refractivity contribution is -0.138. The predicted molar refractivity (Wildman–Crippen MR) is 52.0 cm³/mol. The Kier molecular flexibility index (Phi) is 3.47. The largest absolute Gasteiger partial charge is 0.468 e. The SMILES string of the molecule is COC(=O)CNc1cc(Cl)nc(N)n1. The number of aromatic nitrogens is 2. The summed E-state index contributed by atoms with van der Waals surface area (Å²) in [5.41, 5.74) is 5.34. The molecule has 0 spiro atoms. The Morgan fingerprint density at radius 2 is 2.43 bits per heavy atom. The highest BCUT2D eigenvalue weighted by Crippen LogP contribution is 2.11. The third-order valence-corrected chi connectivity index (χ3v) is 1.55. The van der Waals surface area contributed by atoms with Crippen LogP contribution in [0.5, 0.6) is 0 Å². The number of rotatable bonds is 3. The summed E-state index contributed by atoms with van der Waals surface area (Å²) in [6.45, 7) is 0.00326. The first-order chi connectivity index (χ1) is 6.61.